The Balaban J connectivity index is 2.35. The molecule has 0 saturated carbocycles. The molecule has 1 aliphatic heterocycles. The van der Waals surface area contributed by atoms with E-state index in [1.807, 2.05) is 30.3 Å². The molecular formula is C13H10N2O2. The quantitative estimate of drug-likeness (QED) is 0.698. The van der Waals surface area contributed by atoms with Crippen molar-refractivity contribution in [1.29, 1.82) is 0 Å². The predicted octanol–water partition coefficient (Wildman–Crippen LogP) is 2.17. The Morgan fingerprint density at radius 1 is 1.24 bits per heavy atom. The molecule has 0 amide bonds. The number of hydrogen-bond acceptors (Lipinski definition) is 2. The van der Waals surface area contributed by atoms with Gasteiger partial charge >= 0.3 is 5.97 Å². The van der Waals surface area contributed by atoms with Crippen molar-refractivity contribution in [3.8, 4) is 0 Å². The van der Waals surface area contributed by atoms with Crippen LogP contribution in [0.25, 0.3) is 22.6 Å². The third-order valence-corrected chi connectivity index (χ3v) is 2.82. The third-order valence-electron chi connectivity index (χ3n) is 2.82. The van der Waals surface area contributed by atoms with Crippen LogP contribution in [0.1, 0.15) is 11.3 Å². The minimum atomic E-state index is -0.950. The molecule has 1 aromatic heterocycles. The summed E-state index contributed by atoms with van der Waals surface area (Å²) in [5.74, 6) is -0.950. The van der Waals surface area contributed by atoms with E-state index in [4.69, 9.17) is 0 Å². The van der Waals surface area contributed by atoms with Gasteiger partial charge in [0.15, 0.2) is 0 Å². The number of aliphatic carboxylic acids is 1. The highest BCUT2D eigenvalue weighted by molar-refractivity contribution is 6.17. The molecule has 0 spiro atoms. The minimum Gasteiger partial charge on any atom is -0.478 e. The first-order chi connectivity index (χ1) is 8.27. The lowest BCUT2D eigenvalue weighted by Gasteiger charge is -1.99. The van der Waals surface area contributed by atoms with Gasteiger partial charge in [0.2, 0.25) is 0 Å². The van der Waals surface area contributed by atoms with Gasteiger partial charge < -0.3 is 15.4 Å². The van der Waals surface area contributed by atoms with E-state index in [1.54, 1.807) is 6.20 Å². The van der Waals surface area contributed by atoms with Crippen molar-refractivity contribution < 1.29 is 9.90 Å². The van der Waals surface area contributed by atoms with Crippen molar-refractivity contribution in [3.63, 3.8) is 0 Å². The van der Waals surface area contributed by atoms with Crippen LogP contribution >= 0.6 is 0 Å². The smallest absolute Gasteiger partial charge is 0.339 e. The molecule has 0 aliphatic carbocycles. The molecule has 0 unspecified atom stereocenters. The van der Waals surface area contributed by atoms with E-state index in [9.17, 15) is 9.90 Å². The lowest BCUT2D eigenvalue weighted by molar-refractivity contribution is -0.130. The highest BCUT2D eigenvalue weighted by Gasteiger charge is 2.19. The summed E-state index contributed by atoms with van der Waals surface area (Å²) in [7, 11) is 0. The molecular weight excluding hydrogens is 216 g/mol. The summed E-state index contributed by atoms with van der Waals surface area (Å²) in [6, 6.07) is 7.77. The van der Waals surface area contributed by atoms with Crippen LogP contribution in [0.4, 0.5) is 0 Å². The number of aromatic nitrogens is 1. The zero-order valence-corrected chi connectivity index (χ0v) is 8.90. The molecule has 2 heterocycles. The molecule has 2 aromatic rings. The molecule has 1 aromatic carbocycles. The summed E-state index contributed by atoms with van der Waals surface area (Å²) in [6.45, 7) is 0. The second-order valence-electron chi connectivity index (χ2n) is 3.82. The first kappa shape index (κ1) is 9.72. The molecule has 1 aliphatic rings. The lowest BCUT2D eigenvalue weighted by atomic mass is 10.1. The fourth-order valence-electron chi connectivity index (χ4n) is 2.05. The Bertz CT molecular complexity index is 665. The van der Waals surface area contributed by atoms with Gasteiger partial charge in [-0.25, -0.2) is 4.79 Å². The second-order valence-corrected chi connectivity index (χ2v) is 3.82. The number of nitrogens with one attached hydrogen (secondary N) is 2. The van der Waals surface area contributed by atoms with E-state index < -0.39 is 5.97 Å². The first-order valence-corrected chi connectivity index (χ1v) is 5.24. The number of fused-ring (bicyclic) bond motifs is 3. The van der Waals surface area contributed by atoms with Crippen molar-refractivity contribution in [3.05, 3.63) is 47.9 Å². The average Bonchev–Trinajstić information content (AvgIpc) is 2.54. The van der Waals surface area contributed by atoms with Gasteiger partial charge in [-0.15, -0.1) is 0 Å². The van der Waals surface area contributed by atoms with Gasteiger partial charge in [0, 0.05) is 28.9 Å². The van der Waals surface area contributed by atoms with E-state index in [-0.39, 0.29) is 5.57 Å². The third kappa shape index (κ3) is 1.42. The van der Waals surface area contributed by atoms with Gasteiger partial charge in [0.05, 0.1) is 11.3 Å². The summed E-state index contributed by atoms with van der Waals surface area (Å²) in [5.41, 5.74) is 2.72. The summed E-state index contributed by atoms with van der Waals surface area (Å²) in [4.78, 5) is 14.3. The maximum absolute atomic E-state index is 11.2. The number of H-pyrrole nitrogens is 1. The zero-order chi connectivity index (χ0) is 11.8. The van der Waals surface area contributed by atoms with Crippen molar-refractivity contribution in [2.45, 2.75) is 0 Å². The van der Waals surface area contributed by atoms with Crippen LogP contribution in [0.15, 0.2) is 36.7 Å². The zero-order valence-electron chi connectivity index (χ0n) is 8.90. The van der Waals surface area contributed by atoms with Gasteiger partial charge in [0.25, 0.3) is 0 Å². The number of carboxylic acid groups (broad SMARTS) is 1. The van der Waals surface area contributed by atoms with E-state index in [2.05, 4.69) is 10.3 Å². The van der Waals surface area contributed by atoms with Gasteiger partial charge in [-0.2, -0.15) is 0 Å². The van der Waals surface area contributed by atoms with E-state index in [0.29, 0.717) is 5.69 Å². The number of carboxylic acids is 1. The highest BCUT2D eigenvalue weighted by Crippen LogP contribution is 2.29. The molecule has 0 fully saturated rings. The maximum Gasteiger partial charge on any atom is 0.339 e. The van der Waals surface area contributed by atoms with E-state index >= 15 is 0 Å². The van der Waals surface area contributed by atoms with Crippen molar-refractivity contribution in [1.82, 2.24) is 10.3 Å². The maximum atomic E-state index is 11.2. The SMILES string of the molecule is O=C(O)C1=CNC=Cc2c1[nH]c1ccccc21. The molecule has 84 valence electrons. The summed E-state index contributed by atoms with van der Waals surface area (Å²) in [5, 5.41) is 13.0. The predicted molar refractivity (Wildman–Crippen MR) is 66.1 cm³/mol. The van der Waals surface area contributed by atoms with Gasteiger partial charge in [-0.3, -0.25) is 0 Å². The number of para-hydroxylation sites is 1. The molecule has 0 atom stereocenters. The fourth-order valence-corrected chi connectivity index (χ4v) is 2.05. The molecule has 0 saturated heterocycles. The van der Waals surface area contributed by atoms with Crippen LogP contribution in [-0.2, 0) is 4.79 Å². The molecule has 4 nitrogen and oxygen atoms in total. The van der Waals surface area contributed by atoms with Crippen molar-refractivity contribution in [2.75, 3.05) is 0 Å². The van der Waals surface area contributed by atoms with Crippen LogP contribution in [-0.4, -0.2) is 16.1 Å². The largest absolute Gasteiger partial charge is 0.478 e. The van der Waals surface area contributed by atoms with Gasteiger partial charge in [0.1, 0.15) is 0 Å². The van der Waals surface area contributed by atoms with Gasteiger partial charge in [-0.05, 0) is 12.1 Å². The topological polar surface area (TPSA) is 65.1 Å². The van der Waals surface area contributed by atoms with Crippen LogP contribution in [0.2, 0.25) is 0 Å². The number of carbonyl (C=O) groups is 1. The number of hydrogen-bond donors (Lipinski definition) is 3. The Morgan fingerprint density at radius 2 is 2.06 bits per heavy atom. The van der Waals surface area contributed by atoms with Crippen LogP contribution in [0.3, 0.4) is 0 Å². The number of rotatable bonds is 1. The van der Waals surface area contributed by atoms with E-state index in [0.717, 1.165) is 16.5 Å². The standard InChI is InChI=1S/C13H10N2O2/c16-13(17)10-7-14-6-5-9-8-3-1-2-4-11(8)15-12(9)10/h1-7,14-15H,(H,16,17). The molecule has 17 heavy (non-hydrogen) atoms. The molecule has 4 heteroatoms. The molecule has 0 radical (unpaired) electrons. The Kier molecular flexibility index (Phi) is 2.01. The van der Waals surface area contributed by atoms with Crippen LogP contribution in [0, 0.1) is 0 Å². The minimum absolute atomic E-state index is 0.237. The monoisotopic (exact) mass is 226 g/mol. The summed E-state index contributed by atoms with van der Waals surface area (Å²) < 4.78 is 0. The molecule has 0 bridgehead atoms. The first-order valence-electron chi connectivity index (χ1n) is 5.24. The number of aromatic amines is 1. The summed E-state index contributed by atoms with van der Waals surface area (Å²) in [6.07, 6.45) is 5.09. The van der Waals surface area contributed by atoms with Crippen molar-refractivity contribution in [2.24, 2.45) is 0 Å². The van der Waals surface area contributed by atoms with Crippen molar-refractivity contribution >= 4 is 28.5 Å². The highest BCUT2D eigenvalue weighted by atomic mass is 16.4. The molecule has 3 N–H and O–H groups in total. The van der Waals surface area contributed by atoms with Gasteiger partial charge in [-0.1, -0.05) is 18.2 Å². The molecule has 3 rings (SSSR count). The normalized spacial score (nSPS) is 13.8. The van der Waals surface area contributed by atoms with E-state index in [1.165, 1.54) is 6.20 Å². The van der Waals surface area contributed by atoms with Crippen LogP contribution < -0.4 is 5.32 Å². The number of benzene rings is 1. The lowest BCUT2D eigenvalue weighted by Crippen LogP contribution is -2.03. The second kappa shape index (κ2) is 3.52. The van der Waals surface area contributed by atoms with Crippen LogP contribution in [0.5, 0.6) is 0 Å². The summed E-state index contributed by atoms with van der Waals surface area (Å²) >= 11 is 0. The Hall–Kier alpha value is -2.49. The Morgan fingerprint density at radius 3 is 2.88 bits per heavy atom. The Labute approximate surface area is 97.3 Å². The fraction of sp³-hybridized carbons (Fsp3) is 0. The average molecular weight is 226 g/mol.